The predicted molar refractivity (Wildman–Crippen MR) is 70.3 cm³/mol. The zero-order valence-electron chi connectivity index (χ0n) is 11.4. The molecule has 0 aliphatic carbocycles. The SMILES string of the molecule is COC(c1nc(Cl)cc(C(C)C)n1)C(C)(C)C. The van der Waals surface area contributed by atoms with Gasteiger partial charge in [0.2, 0.25) is 0 Å². The van der Waals surface area contributed by atoms with E-state index in [9.17, 15) is 0 Å². The van der Waals surface area contributed by atoms with Crippen LogP contribution in [0.3, 0.4) is 0 Å². The average molecular weight is 257 g/mol. The fourth-order valence-corrected chi connectivity index (χ4v) is 1.91. The Hall–Kier alpha value is -0.670. The molecule has 0 amide bonds. The molecule has 0 radical (unpaired) electrons. The number of nitrogens with zero attached hydrogens (tertiary/aromatic N) is 2. The molecular weight excluding hydrogens is 236 g/mol. The monoisotopic (exact) mass is 256 g/mol. The lowest BCUT2D eigenvalue weighted by Gasteiger charge is -2.28. The number of rotatable bonds is 3. The molecule has 0 bridgehead atoms. The first kappa shape index (κ1) is 14.4. The van der Waals surface area contributed by atoms with E-state index < -0.39 is 0 Å². The Morgan fingerprint density at radius 2 is 1.82 bits per heavy atom. The van der Waals surface area contributed by atoms with Crippen LogP contribution >= 0.6 is 11.6 Å². The quantitative estimate of drug-likeness (QED) is 0.767. The summed E-state index contributed by atoms with van der Waals surface area (Å²) in [5.41, 5.74) is 0.888. The minimum absolute atomic E-state index is 0.0618. The topological polar surface area (TPSA) is 35.0 Å². The fraction of sp³-hybridized carbons (Fsp3) is 0.692. The molecule has 0 spiro atoms. The second-order valence-electron chi connectivity index (χ2n) is 5.61. The van der Waals surface area contributed by atoms with Crippen LogP contribution in [0.2, 0.25) is 5.15 Å². The van der Waals surface area contributed by atoms with E-state index in [-0.39, 0.29) is 11.5 Å². The first-order valence-electron chi connectivity index (χ1n) is 5.83. The van der Waals surface area contributed by atoms with Crippen molar-refractivity contribution in [1.82, 2.24) is 9.97 Å². The lowest BCUT2D eigenvalue weighted by atomic mass is 9.88. The van der Waals surface area contributed by atoms with Crippen molar-refractivity contribution < 1.29 is 4.74 Å². The second kappa shape index (κ2) is 5.32. The summed E-state index contributed by atoms with van der Waals surface area (Å²) in [5, 5.41) is 0.477. The van der Waals surface area contributed by atoms with Crippen LogP contribution in [-0.4, -0.2) is 17.1 Å². The van der Waals surface area contributed by atoms with Crippen LogP contribution in [-0.2, 0) is 4.74 Å². The van der Waals surface area contributed by atoms with Crippen LogP contribution in [0.4, 0.5) is 0 Å². The predicted octanol–water partition coefficient (Wildman–Crippen LogP) is 3.99. The summed E-state index contributed by atoms with van der Waals surface area (Å²) in [7, 11) is 1.68. The summed E-state index contributed by atoms with van der Waals surface area (Å²) in [4.78, 5) is 8.83. The average Bonchev–Trinajstić information content (AvgIpc) is 2.15. The molecule has 3 nitrogen and oxygen atoms in total. The summed E-state index contributed by atoms with van der Waals surface area (Å²) in [6.45, 7) is 10.5. The lowest BCUT2D eigenvalue weighted by molar-refractivity contribution is 0.00848. The third-order valence-corrected chi connectivity index (χ3v) is 2.77. The number of aromatic nitrogens is 2. The maximum absolute atomic E-state index is 6.04. The molecule has 17 heavy (non-hydrogen) atoms. The van der Waals surface area contributed by atoms with Crippen LogP contribution in [0.15, 0.2) is 6.07 Å². The van der Waals surface area contributed by atoms with E-state index in [1.807, 2.05) is 6.07 Å². The summed E-state index contributed by atoms with van der Waals surface area (Å²) in [6.07, 6.45) is -0.154. The highest BCUT2D eigenvalue weighted by Crippen LogP contribution is 2.34. The Morgan fingerprint density at radius 3 is 2.24 bits per heavy atom. The van der Waals surface area contributed by atoms with Gasteiger partial charge in [-0.3, -0.25) is 0 Å². The van der Waals surface area contributed by atoms with E-state index in [1.165, 1.54) is 0 Å². The van der Waals surface area contributed by atoms with Crippen molar-refractivity contribution in [2.75, 3.05) is 7.11 Å². The molecule has 0 aliphatic heterocycles. The van der Waals surface area contributed by atoms with E-state index in [2.05, 4.69) is 44.6 Å². The molecule has 1 heterocycles. The van der Waals surface area contributed by atoms with Crippen LogP contribution in [0.5, 0.6) is 0 Å². The fourth-order valence-electron chi connectivity index (χ4n) is 1.71. The van der Waals surface area contributed by atoms with Crippen molar-refractivity contribution in [3.05, 3.63) is 22.7 Å². The van der Waals surface area contributed by atoms with Crippen molar-refractivity contribution >= 4 is 11.6 Å². The largest absolute Gasteiger partial charge is 0.373 e. The number of ether oxygens (including phenoxy) is 1. The molecule has 0 fully saturated rings. The highest BCUT2D eigenvalue weighted by molar-refractivity contribution is 6.29. The van der Waals surface area contributed by atoms with E-state index in [1.54, 1.807) is 7.11 Å². The van der Waals surface area contributed by atoms with Crippen molar-refractivity contribution in [3.8, 4) is 0 Å². The number of hydrogen-bond donors (Lipinski definition) is 0. The van der Waals surface area contributed by atoms with Crippen molar-refractivity contribution in [1.29, 1.82) is 0 Å². The maximum atomic E-state index is 6.04. The minimum atomic E-state index is -0.154. The Balaban J connectivity index is 3.20. The van der Waals surface area contributed by atoms with Gasteiger partial charge in [-0.2, -0.15) is 0 Å². The van der Waals surface area contributed by atoms with Gasteiger partial charge in [0.15, 0.2) is 5.82 Å². The lowest BCUT2D eigenvalue weighted by Crippen LogP contribution is -2.23. The van der Waals surface area contributed by atoms with Gasteiger partial charge >= 0.3 is 0 Å². The van der Waals surface area contributed by atoms with Gasteiger partial charge in [-0.25, -0.2) is 9.97 Å². The molecule has 4 heteroatoms. The van der Waals surface area contributed by atoms with E-state index in [0.717, 1.165) is 5.69 Å². The van der Waals surface area contributed by atoms with E-state index >= 15 is 0 Å². The first-order chi connectivity index (χ1) is 7.75. The highest BCUT2D eigenvalue weighted by Gasteiger charge is 2.29. The van der Waals surface area contributed by atoms with Gasteiger partial charge in [0.05, 0.1) is 0 Å². The molecule has 0 saturated carbocycles. The Bertz CT molecular complexity index is 385. The number of hydrogen-bond acceptors (Lipinski definition) is 3. The summed E-state index contributed by atoms with van der Waals surface area (Å²) >= 11 is 6.04. The van der Waals surface area contributed by atoms with Crippen LogP contribution in [0.1, 0.15) is 58.2 Å². The van der Waals surface area contributed by atoms with Crippen LogP contribution in [0, 0.1) is 5.41 Å². The minimum Gasteiger partial charge on any atom is -0.373 e. The molecule has 1 unspecified atom stereocenters. The highest BCUT2D eigenvalue weighted by atomic mass is 35.5. The van der Waals surface area contributed by atoms with Crippen molar-refractivity contribution in [3.63, 3.8) is 0 Å². The molecule has 1 aromatic heterocycles. The molecule has 0 saturated heterocycles. The Morgan fingerprint density at radius 1 is 1.24 bits per heavy atom. The van der Waals surface area contributed by atoms with Crippen LogP contribution in [0.25, 0.3) is 0 Å². The van der Waals surface area contributed by atoms with Gasteiger partial charge in [-0.15, -0.1) is 0 Å². The molecule has 0 aromatic carbocycles. The zero-order valence-corrected chi connectivity index (χ0v) is 12.2. The molecule has 0 N–H and O–H groups in total. The van der Waals surface area contributed by atoms with Gasteiger partial charge < -0.3 is 4.74 Å². The summed E-state index contributed by atoms with van der Waals surface area (Å²) in [5.74, 6) is 0.989. The Kier molecular flexibility index (Phi) is 4.50. The smallest absolute Gasteiger partial charge is 0.159 e. The van der Waals surface area contributed by atoms with E-state index in [0.29, 0.717) is 16.9 Å². The van der Waals surface area contributed by atoms with Gasteiger partial charge in [0.1, 0.15) is 11.3 Å². The molecule has 1 atom stereocenters. The number of methoxy groups -OCH3 is 1. The molecule has 0 aliphatic rings. The van der Waals surface area contributed by atoms with Crippen molar-refractivity contribution in [2.45, 2.75) is 46.6 Å². The van der Waals surface area contributed by atoms with Crippen molar-refractivity contribution in [2.24, 2.45) is 5.41 Å². The molecule has 1 rings (SSSR count). The third kappa shape index (κ3) is 3.65. The summed E-state index contributed by atoms with van der Waals surface area (Å²) < 4.78 is 5.51. The molecular formula is C13H21ClN2O. The third-order valence-electron chi connectivity index (χ3n) is 2.58. The zero-order chi connectivity index (χ0) is 13.2. The van der Waals surface area contributed by atoms with Crippen LogP contribution < -0.4 is 0 Å². The standard InChI is InChI=1S/C13H21ClN2O/c1-8(2)9-7-10(14)16-12(15-9)11(17-6)13(3,4)5/h7-8,11H,1-6H3. The maximum Gasteiger partial charge on any atom is 0.159 e. The van der Waals surface area contributed by atoms with Gasteiger partial charge in [-0.05, 0) is 17.4 Å². The normalized spacial score (nSPS) is 14.1. The summed E-state index contributed by atoms with van der Waals surface area (Å²) in [6, 6.07) is 1.81. The van der Waals surface area contributed by atoms with Gasteiger partial charge in [0.25, 0.3) is 0 Å². The number of halogens is 1. The molecule has 96 valence electrons. The Labute approximate surface area is 109 Å². The van der Waals surface area contributed by atoms with E-state index in [4.69, 9.17) is 16.3 Å². The second-order valence-corrected chi connectivity index (χ2v) is 6.00. The first-order valence-corrected chi connectivity index (χ1v) is 6.20. The van der Waals surface area contributed by atoms with Gasteiger partial charge in [0, 0.05) is 12.8 Å². The molecule has 1 aromatic rings. The van der Waals surface area contributed by atoms with Gasteiger partial charge in [-0.1, -0.05) is 46.2 Å².